The normalized spacial score (nSPS) is 26.7. The monoisotopic (exact) mass is 124 g/mol. The van der Waals surface area contributed by atoms with Crippen LogP contribution in [0.3, 0.4) is 0 Å². The van der Waals surface area contributed by atoms with Gasteiger partial charge in [0.05, 0.1) is 0 Å². The summed E-state index contributed by atoms with van der Waals surface area (Å²) in [5.74, 6) is 0. The van der Waals surface area contributed by atoms with Crippen LogP contribution in [0.4, 0.5) is 0 Å². The summed E-state index contributed by atoms with van der Waals surface area (Å²) in [4.78, 5) is 0. The fourth-order valence-corrected chi connectivity index (χ4v) is 0.627. The number of hydrogen-bond acceptors (Lipinski definition) is 5. The van der Waals surface area contributed by atoms with Crippen molar-refractivity contribution in [1.82, 2.24) is 0 Å². The van der Waals surface area contributed by atoms with Crippen molar-refractivity contribution in [1.29, 1.82) is 0 Å². The Morgan fingerprint density at radius 2 is 1.86 bits per heavy atom. The highest BCUT2D eigenvalue weighted by Crippen LogP contribution is 2.10. The standard InChI is InChI=1S/BHO5S/c2-1-5-7(3,4)6-1/h2H. The molecule has 7 heteroatoms. The van der Waals surface area contributed by atoms with E-state index in [9.17, 15) is 8.42 Å². The third-order valence-corrected chi connectivity index (χ3v) is 1.20. The fraction of sp³-hybridized carbons (Fsp3) is 0. The third kappa shape index (κ3) is 0.913. The molecule has 0 atom stereocenters. The molecule has 0 radical (unpaired) electrons. The molecule has 0 aromatic heterocycles. The fourth-order valence-electron chi connectivity index (χ4n) is 0.209. The van der Waals surface area contributed by atoms with Gasteiger partial charge in [-0.3, -0.25) is 0 Å². The largest absolute Gasteiger partial charge is 0.670 e. The predicted molar refractivity (Wildman–Crippen MR) is 19.1 cm³/mol. The lowest BCUT2D eigenvalue weighted by atomic mass is 10.3. The summed E-state index contributed by atoms with van der Waals surface area (Å²) in [5.41, 5.74) is 0. The molecule has 1 aliphatic heterocycles. The van der Waals surface area contributed by atoms with Crippen LogP contribution in [0.5, 0.6) is 0 Å². The van der Waals surface area contributed by atoms with Gasteiger partial charge in [-0.15, -0.1) is 0 Å². The summed E-state index contributed by atoms with van der Waals surface area (Å²) < 4.78 is 26.6. The number of rotatable bonds is 0. The van der Waals surface area contributed by atoms with Gasteiger partial charge in [0.15, 0.2) is 0 Å². The molecule has 1 aliphatic rings. The van der Waals surface area contributed by atoms with E-state index in [2.05, 4.69) is 8.20 Å². The zero-order valence-corrected chi connectivity index (χ0v) is 3.88. The van der Waals surface area contributed by atoms with E-state index in [0.717, 1.165) is 0 Å². The smallest absolute Gasteiger partial charge is 0.400 e. The van der Waals surface area contributed by atoms with E-state index in [1.54, 1.807) is 0 Å². The van der Waals surface area contributed by atoms with Crippen LogP contribution in [0.1, 0.15) is 0 Å². The van der Waals surface area contributed by atoms with E-state index >= 15 is 0 Å². The lowest BCUT2D eigenvalue weighted by Crippen LogP contribution is -2.40. The Kier molecular flexibility index (Phi) is 0.857. The van der Waals surface area contributed by atoms with Crippen LogP contribution < -0.4 is 0 Å². The predicted octanol–water partition coefficient (Wildman–Crippen LogP) is -1.74. The van der Waals surface area contributed by atoms with Gasteiger partial charge in [-0.05, 0) is 0 Å². The highest BCUT2D eigenvalue weighted by Gasteiger charge is 2.41. The third-order valence-electron chi connectivity index (χ3n) is 0.400. The Hall–Kier alpha value is -0.105. The molecule has 1 heterocycles. The second kappa shape index (κ2) is 1.19. The molecule has 0 aromatic rings. The summed E-state index contributed by atoms with van der Waals surface area (Å²) in [6, 6.07) is 0. The zero-order chi connectivity index (χ0) is 5.49. The summed E-state index contributed by atoms with van der Waals surface area (Å²) >= 11 is 0. The Balaban J connectivity index is 2.61. The van der Waals surface area contributed by atoms with E-state index in [-0.39, 0.29) is 0 Å². The first-order chi connectivity index (χ1) is 3.10. The second-order valence-electron chi connectivity index (χ2n) is 0.908. The van der Waals surface area contributed by atoms with Crippen LogP contribution in [0, 0.1) is 0 Å². The molecule has 1 rings (SSSR count). The lowest BCUT2D eigenvalue weighted by molar-refractivity contribution is 0.209. The Bertz CT molecular complexity index is 143. The maximum atomic E-state index is 9.69. The first-order valence-corrected chi connectivity index (χ1v) is 2.73. The molecule has 1 N–H and O–H groups in total. The second-order valence-corrected chi connectivity index (χ2v) is 2.11. The molecule has 1 fully saturated rings. The molecule has 0 bridgehead atoms. The lowest BCUT2D eigenvalue weighted by Gasteiger charge is -2.14. The van der Waals surface area contributed by atoms with Crippen LogP contribution in [0.2, 0.25) is 0 Å². The Morgan fingerprint density at radius 1 is 1.43 bits per heavy atom. The first-order valence-electron chi connectivity index (χ1n) is 1.40. The van der Waals surface area contributed by atoms with E-state index in [1.165, 1.54) is 0 Å². The molecule has 0 unspecified atom stereocenters. The van der Waals surface area contributed by atoms with Crippen molar-refractivity contribution in [2.45, 2.75) is 0 Å². The minimum atomic E-state index is -3.78. The summed E-state index contributed by atoms with van der Waals surface area (Å²) in [6.07, 6.45) is 0. The molecule has 0 saturated carbocycles. The summed E-state index contributed by atoms with van der Waals surface area (Å²) in [6.45, 7) is 0. The van der Waals surface area contributed by atoms with Crippen LogP contribution >= 0.6 is 0 Å². The molecule has 0 amide bonds. The van der Waals surface area contributed by atoms with Crippen LogP contribution in [0.15, 0.2) is 0 Å². The van der Waals surface area contributed by atoms with Crippen LogP contribution in [-0.4, -0.2) is 20.8 Å². The molecule has 40 valence electrons. The minimum absolute atomic E-state index is 1.58. The molecule has 0 spiro atoms. The van der Waals surface area contributed by atoms with Gasteiger partial charge in [0.1, 0.15) is 0 Å². The first kappa shape index (κ1) is 5.04. The average molecular weight is 124 g/mol. The summed E-state index contributed by atoms with van der Waals surface area (Å²) in [7, 11) is -5.36. The minimum Gasteiger partial charge on any atom is -0.400 e. The topological polar surface area (TPSA) is 72.8 Å². The van der Waals surface area contributed by atoms with Gasteiger partial charge in [0.2, 0.25) is 0 Å². The van der Waals surface area contributed by atoms with Crippen molar-refractivity contribution in [3.8, 4) is 0 Å². The van der Waals surface area contributed by atoms with Gasteiger partial charge >= 0.3 is 17.7 Å². The van der Waals surface area contributed by atoms with E-state index in [4.69, 9.17) is 5.02 Å². The molecule has 5 nitrogen and oxygen atoms in total. The highest BCUT2D eigenvalue weighted by atomic mass is 32.3. The van der Waals surface area contributed by atoms with Crippen LogP contribution in [-0.2, 0) is 18.6 Å². The van der Waals surface area contributed by atoms with E-state index in [0.29, 0.717) is 0 Å². The van der Waals surface area contributed by atoms with E-state index in [1.807, 2.05) is 0 Å². The highest BCUT2D eigenvalue weighted by molar-refractivity contribution is 7.85. The molecular weight excluding hydrogens is 123 g/mol. The van der Waals surface area contributed by atoms with Gasteiger partial charge in [0, 0.05) is 0 Å². The average Bonchev–Trinajstić information content (AvgIpc) is 1.27. The summed E-state index contributed by atoms with van der Waals surface area (Å²) in [5, 5.41) is 7.96. The molecule has 7 heavy (non-hydrogen) atoms. The van der Waals surface area contributed by atoms with E-state index < -0.39 is 17.7 Å². The van der Waals surface area contributed by atoms with Gasteiger partial charge in [-0.2, -0.15) is 8.42 Å². The maximum Gasteiger partial charge on any atom is 0.670 e. The van der Waals surface area contributed by atoms with Crippen molar-refractivity contribution in [3.63, 3.8) is 0 Å². The molecule has 0 aliphatic carbocycles. The van der Waals surface area contributed by atoms with Gasteiger partial charge in [-0.1, -0.05) is 0 Å². The van der Waals surface area contributed by atoms with Gasteiger partial charge in [0.25, 0.3) is 0 Å². The SMILES string of the molecule is O=S1(=O)OB(O)O1. The Labute approximate surface area is 40.4 Å². The van der Waals surface area contributed by atoms with Crippen LogP contribution in [0.25, 0.3) is 0 Å². The van der Waals surface area contributed by atoms with Crippen molar-refractivity contribution in [2.24, 2.45) is 0 Å². The maximum absolute atomic E-state index is 9.69. The van der Waals surface area contributed by atoms with Crippen molar-refractivity contribution >= 4 is 17.7 Å². The quantitative estimate of drug-likeness (QED) is 0.388. The molecule has 1 saturated heterocycles. The van der Waals surface area contributed by atoms with Crippen molar-refractivity contribution in [3.05, 3.63) is 0 Å². The Morgan fingerprint density at radius 3 is 1.86 bits per heavy atom. The van der Waals surface area contributed by atoms with Gasteiger partial charge in [-0.25, -0.2) is 8.20 Å². The van der Waals surface area contributed by atoms with Crippen molar-refractivity contribution < 1.29 is 21.6 Å². The van der Waals surface area contributed by atoms with Gasteiger partial charge < -0.3 is 5.02 Å². The molecule has 0 aromatic carbocycles. The zero-order valence-electron chi connectivity index (χ0n) is 3.07. The number of hydrogen-bond donors (Lipinski definition) is 1. The molecular formula is HBO5S. The van der Waals surface area contributed by atoms with Crippen molar-refractivity contribution in [2.75, 3.05) is 0 Å².